The highest BCUT2D eigenvalue weighted by Gasteiger charge is 2.55. The molecule has 0 atom stereocenters. The Bertz CT molecular complexity index is 441. The summed E-state index contributed by atoms with van der Waals surface area (Å²) in [6.07, 6.45) is 5.93. The fraction of sp³-hybridized carbons (Fsp3) is 0.643. The van der Waals surface area contributed by atoms with Crippen LogP contribution in [0.2, 0.25) is 0 Å². The Hall–Kier alpha value is -1.85. The van der Waals surface area contributed by atoms with Gasteiger partial charge >= 0.3 is 6.03 Å². The first kappa shape index (κ1) is 14.6. The predicted molar refractivity (Wildman–Crippen MR) is 73.9 cm³/mol. The van der Waals surface area contributed by atoms with Gasteiger partial charge in [0.1, 0.15) is 12.1 Å². The monoisotopic (exact) mass is 279 g/mol. The topological polar surface area (TPSA) is 69.7 Å². The summed E-state index contributed by atoms with van der Waals surface area (Å²) >= 11 is 0. The Balaban J connectivity index is 2.11. The maximum Gasteiger partial charge on any atom is 0.327 e. The van der Waals surface area contributed by atoms with E-state index >= 15 is 0 Å². The number of carbonyl (C=O) groups is 3. The maximum atomic E-state index is 12.6. The highest BCUT2D eigenvalue weighted by atomic mass is 16.2. The highest BCUT2D eigenvalue weighted by Crippen LogP contribution is 2.39. The first-order valence-electron chi connectivity index (χ1n) is 7.00. The van der Waals surface area contributed by atoms with Gasteiger partial charge in [0.05, 0.1) is 0 Å². The van der Waals surface area contributed by atoms with E-state index in [-0.39, 0.29) is 24.4 Å². The number of imide groups is 1. The van der Waals surface area contributed by atoms with Gasteiger partial charge in [-0.3, -0.25) is 14.5 Å². The minimum Gasteiger partial charge on any atom is -0.351 e. The van der Waals surface area contributed by atoms with Crippen molar-refractivity contribution in [3.05, 3.63) is 12.7 Å². The number of hydrogen-bond acceptors (Lipinski definition) is 3. The zero-order chi connectivity index (χ0) is 14.8. The number of nitrogens with one attached hydrogen (secondary N) is 1. The van der Waals surface area contributed by atoms with E-state index in [4.69, 9.17) is 0 Å². The van der Waals surface area contributed by atoms with Gasteiger partial charge in [0.2, 0.25) is 5.91 Å². The lowest BCUT2D eigenvalue weighted by Crippen LogP contribution is -2.49. The first-order chi connectivity index (χ1) is 9.53. The van der Waals surface area contributed by atoms with Crippen LogP contribution in [0.25, 0.3) is 0 Å². The second-order valence-corrected chi connectivity index (χ2v) is 5.42. The Morgan fingerprint density at radius 1 is 1.35 bits per heavy atom. The van der Waals surface area contributed by atoms with E-state index in [1.165, 1.54) is 4.90 Å². The van der Waals surface area contributed by atoms with Crippen LogP contribution in [0.3, 0.4) is 0 Å². The molecule has 110 valence electrons. The van der Waals surface area contributed by atoms with Crippen molar-refractivity contribution in [3.8, 4) is 0 Å². The molecule has 0 aromatic carbocycles. The van der Waals surface area contributed by atoms with Crippen LogP contribution < -0.4 is 5.32 Å². The van der Waals surface area contributed by atoms with Crippen LogP contribution in [-0.4, -0.2) is 53.3 Å². The Kier molecular flexibility index (Phi) is 4.11. The molecule has 1 heterocycles. The minimum atomic E-state index is -0.714. The normalized spacial score (nSPS) is 21.4. The molecule has 0 aromatic heterocycles. The summed E-state index contributed by atoms with van der Waals surface area (Å²) in [7, 11) is 1.66. The van der Waals surface area contributed by atoms with Crippen LogP contribution in [0.1, 0.15) is 32.1 Å². The van der Waals surface area contributed by atoms with E-state index in [0.717, 1.165) is 24.2 Å². The SMILES string of the molecule is C=CCNC(=O)CN1C(=O)N(C)C2(CCCCC2)C1=O. The molecule has 2 rings (SSSR count). The van der Waals surface area contributed by atoms with Crippen molar-refractivity contribution >= 4 is 17.8 Å². The van der Waals surface area contributed by atoms with Gasteiger partial charge in [0.25, 0.3) is 5.91 Å². The molecule has 0 bridgehead atoms. The summed E-state index contributed by atoms with van der Waals surface area (Å²) in [6, 6.07) is -0.370. The summed E-state index contributed by atoms with van der Waals surface area (Å²) in [6.45, 7) is 3.62. The van der Waals surface area contributed by atoms with Crippen molar-refractivity contribution < 1.29 is 14.4 Å². The van der Waals surface area contributed by atoms with Gasteiger partial charge in [0.15, 0.2) is 0 Å². The number of likely N-dealkylation sites (N-methyl/N-ethyl adjacent to an activating group) is 1. The Labute approximate surface area is 118 Å². The number of hydrogen-bond donors (Lipinski definition) is 1. The summed E-state index contributed by atoms with van der Waals surface area (Å²) in [5.41, 5.74) is -0.714. The van der Waals surface area contributed by atoms with Crippen molar-refractivity contribution in [3.63, 3.8) is 0 Å². The third-order valence-electron chi connectivity index (χ3n) is 4.23. The van der Waals surface area contributed by atoms with Crippen LogP contribution in [0.15, 0.2) is 12.7 Å². The summed E-state index contributed by atoms with van der Waals surface area (Å²) in [4.78, 5) is 39.1. The molecule has 1 aliphatic heterocycles. The maximum absolute atomic E-state index is 12.6. The molecule has 20 heavy (non-hydrogen) atoms. The highest BCUT2D eigenvalue weighted by molar-refractivity contribution is 6.08. The van der Waals surface area contributed by atoms with Crippen LogP contribution >= 0.6 is 0 Å². The van der Waals surface area contributed by atoms with Gasteiger partial charge in [-0.25, -0.2) is 4.79 Å². The molecule has 2 aliphatic rings. The molecule has 1 aliphatic carbocycles. The van der Waals surface area contributed by atoms with E-state index in [1.54, 1.807) is 13.1 Å². The van der Waals surface area contributed by atoms with Gasteiger partial charge in [0, 0.05) is 13.6 Å². The van der Waals surface area contributed by atoms with Crippen molar-refractivity contribution in [2.75, 3.05) is 20.1 Å². The van der Waals surface area contributed by atoms with E-state index in [9.17, 15) is 14.4 Å². The Morgan fingerprint density at radius 2 is 2.00 bits per heavy atom. The number of rotatable bonds is 4. The van der Waals surface area contributed by atoms with Crippen molar-refractivity contribution in [1.29, 1.82) is 0 Å². The zero-order valence-corrected chi connectivity index (χ0v) is 11.9. The van der Waals surface area contributed by atoms with Gasteiger partial charge in [-0.05, 0) is 12.8 Å². The van der Waals surface area contributed by atoms with E-state index in [2.05, 4.69) is 11.9 Å². The Morgan fingerprint density at radius 3 is 2.60 bits per heavy atom. The molecule has 1 saturated heterocycles. The molecule has 0 radical (unpaired) electrons. The fourth-order valence-corrected chi connectivity index (χ4v) is 3.06. The summed E-state index contributed by atoms with van der Waals surface area (Å²) in [5.74, 6) is -0.564. The van der Waals surface area contributed by atoms with Gasteiger partial charge in [-0.15, -0.1) is 6.58 Å². The average Bonchev–Trinajstić information content (AvgIpc) is 2.62. The van der Waals surface area contributed by atoms with E-state index in [0.29, 0.717) is 19.4 Å². The molecule has 4 amide bonds. The van der Waals surface area contributed by atoms with Crippen LogP contribution in [0.5, 0.6) is 0 Å². The third-order valence-corrected chi connectivity index (χ3v) is 4.23. The molecule has 6 heteroatoms. The molecular weight excluding hydrogens is 258 g/mol. The quantitative estimate of drug-likeness (QED) is 0.613. The van der Waals surface area contributed by atoms with Crippen LogP contribution in [-0.2, 0) is 9.59 Å². The zero-order valence-electron chi connectivity index (χ0n) is 11.9. The standard InChI is InChI=1S/C14H21N3O3/c1-3-9-15-11(18)10-17-12(19)14(16(2)13(17)20)7-5-4-6-8-14/h3H,1,4-10H2,2H3,(H,15,18). The molecule has 0 unspecified atom stereocenters. The lowest BCUT2D eigenvalue weighted by molar-refractivity contribution is -0.137. The van der Waals surface area contributed by atoms with Crippen molar-refractivity contribution in [2.24, 2.45) is 0 Å². The molecule has 2 fully saturated rings. The molecule has 1 spiro atoms. The first-order valence-corrected chi connectivity index (χ1v) is 7.00. The van der Waals surface area contributed by atoms with Crippen LogP contribution in [0, 0.1) is 0 Å². The molecule has 6 nitrogen and oxygen atoms in total. The van der Waals surface area contributed by atoms with Gasteiger partial charge in [-0.2, -0.15) is 0 Å². The lowest BCUT2D eigenvalue weighted by atomic mass is 9.81. The molecule has 1 saturated carbocycles. The third kappa shape index (κ3) is 2.30. The number of amides is 4. The smallest absolute Gasteiger partial charge is 0.327 e. The van der Waals surface area contributed by atoms with Crippen molar-refractivity contribution in [1.82, 2.24) is 15.1 Å². The molecule has 1 N–H and O–H groups in total. The largest absolute Gasteiger partial charge is 0.351 e. The van der Waals surface area contributed by atoms with Gasteiger partial charge in [-0.1, -0.05) is 25.3 Å². The number of carbonyl (C=O) groups excluding carboxylic acids is 3. The predicted octanol–water partition coefficient (Wildman–Crippen LogP) is 0.885. The number of nitrogens with zero attached hydrogens (tertiary/aromatic N) is 2. The number of urea groups is 1. The van der Waals surface area contributed by atoms with E-state index < -0.39 is 5.54 Å². The summed E-state index contributed by atoms with van der Waals surface area (Å²) < 4.78 is 0. The van der Waals surface area contributed by atoms with Crippen LogP contribution in [0.4, 0.5) is 4.79 Å². The van der Waals surface area contributed by atoms with Crippen molar-refractivity contribution in [2.45, 2.75) is 37.6 Å². The minimum absolute atomic E-state index is 0.211. The van der Waals surface area contributed by atoms with E-state index in [1.807, 2.05) is 0 Å². The summed E-state index contributed by atoms with van der Waals surface area (Å²) in [5, 5.41) is 2.58. The van der Waals surface area contributed by atoms with Gasteiger partial charge < -0.3 is 10.2 Å². The second kappa shape index (κ2) is 5.64. The molecular formula is C14H21N3O3. The average molecular weight is 279 g/mol. The lowest BCUT2D eigenvalue weighted by Gasteiger charge is -2.35. The second-order valence-electron chi connectivity index (χ2n) is 5.42. The molecule has 0 aromatic rings. The fourth-order valence-electron chi connectivity index (χ4n) is 3.06.